The molecule has 0 fully saturated rings. The number of hydrogen-bond acceptors (Lipinski definition) is 1. The molecule has 0 saturated heterocycles. The molecule has 0 saturated carbocycles. The van der Waals surface area contributed by atoms with Gasteiger partial charge < -0.3 is 5.32 Å². The topological polar surface area (TPSA) is 29.1 Å². The van der Waals surface area contributed by atoms with Crippen molar-refractivity contribution >= 4 is 27.5 Å². The minimum Gasteiger partial charge on any atom is -0.326 e. The standard InChI is InChI=1S/C11H12BrNO/c1-6-4-11(14)13-10-3-7(2)9(12)5-8(6)10/h3,5-6H,4H2,1-2H3,(H,13,14)/t6-/m0/s1. The second-order valence-corrected chi connectivity index (χ2v) is 4.70. The van der Waals surface area contributed by atoms with Gasteiger partial charge in [0.05, 0.1) is 0 Å². The van der Waals surface area contributed by atoms with E-state index in [1.54, 1.807) is 0 Å². The highest BCUT2D eigenvalue weighted by Crippen LogP contribution is 2.35. The third-order valence-electron chi connectivity index (χ3n) is 2.63. The summed E-state index contributed by atoms with van der Waals surface area (Å²) in [5.41, 5.74) is 3.34. The maximum Gasteiger partial charge on any atom is 0.224 e. The average Bonchev–Trinajstić information content (AvgIpc) is 2.08. The van der Waals surface area contributed by atoms with E-state index in [0.29, 0.717) is 12.3 Å². The lowest BCUT2D eigenvalue weighted by Crippen LogP contribution is -2.21. The lowest BCUT2D eigenvalue weighted by molar-refractivity contribution is -0.116. The first-order valence-electron chi connectivity index (χ1n) is 4.68. The van der Waals surface area contributed by atoms with Gasteiger partial charge in [-0.2, -0.15) is 0 Å². The van der Waals surface area contributed by atoms with Crippen molar-refractivity contribution in [1.29, 1.82) is 0 Å². The Kier molecular flexibility index (Phi) is 2.35. The summed E-state index contributed by atoms with van der Waals surface area (Å²) >= 11 is 3.50. The molecule has 2 rings (SSSR count). The number of fused-ring (bicyclic) bond motifs is 1. The molecular weight excluding hydrogens is 242 g/mol. The highest BCUT2D eigenvalue weighted by molar-refractivity contribution is 9.10. The van der Waals surface area contributed by atoms with E-state index in [1.165, 1.54) is 5.56 Å². The summed E-state index contributed by atoms with van der Waals surface area (Å²) in [7, 11) is 0. The largest absolute Gasteiger partial charge is 0.326 e. The molecule has 74 valence electrons. The quantitative estimate of drug-likeness (QED) is 0.756. The number of hydrogen-bond donors (Lipinski definition) is 1. The maximum absolute atomic E-state index is 11.3. The van der Waals surface area contributed by atoms with Crippen LogP contribution >= 0.6 is 15.9 Å². The summed E-state index contributed by atoms with van der Waals surface area (Å²) in [6.45, 7) is 4.11. The van der Waals surface area contributed by atoms with Crippen LogP contribution in [0.15, 0.2) is 16.6 Å². The van der Waals surface area contributed by atoms with Crippen LogP contribution in [0.1, 0.15) is 30.4 Å². The number of benzene rings is 1. The first-order chi connectivity index (χ1) is 6.58. The number of carbonyl (C=O) groups is 1. The zero-order valence-corrected chi connectivity index (χ0v) is 9.81. The predicted octanol–water partition coefficient (Wildman–Crippen LogP) is 3.20. The van der Waals surface area contributed by atoms with E-state index in [0.717, 1.165) is 15.7 Å². The molecular formula is C11H12BrNO. The number of anilines is 1. The zero-order valence-electron chi connectivity index (χ0n) is 8.23. The molecule has 0 radical (unpaired) electrons. The number of carbonyl (C=O) groups excluding carboxylic acids is 1. The third-order valence-corrected chi connectivity index (χ3v) is 3.48. The van der Waals surface area contributed by atoms with Crippen LogP contribution in [0.25, 0.3) is 0 Å². The van der Waals surface area contributed by atoms with Crippen molar-refractivity contribution in [3.05, 3.63) is 27.7 Å². The van der Waals surface area contributed by atoms with Crippen LogP contribution < -0.4 is 5.32 Å². The highest BCUT2D eigenvalue weighted by Gasteiger charge is 2.22. The summed E-state index contributed by atoms with van der Waals surface area (Å²) in [5, 5.41) is 2.90. The van der Waals surface area contributed by atoms with Crippen LogP contribution in [0.4, 0.5) is 5.69 Å². The van der Waals surface area contributed by atoms with Crippen molar-refractivity contribution in [2.24, 2.45) is 0 Å². The van der Waals surface area contributed by atoms with Crippen molar-refractivity contribution in [2.45, 2.75) is 26.2 Å². The number of amides is 1. The zero-order chi connectivity index (χ0) is 10.3. The van der Waals surface area contributed by atoms with Gasteiger partial charge in [-0.3, -0.25) is 4.79 Å². The summed E-state index contributed by atoms with van der Waals surface area (Å²) in [6, 6.07) is 4.13. The lowest BCUT2D eigenvalue weighted by atomic mass is 9.91. The number of halogens is 1. The van der Waals surface area contributed by atoms with Crippen LogP contribution in [0.3, 0.4) is 0 Å². The molecule has 1 amide bonds. The summed E-state index contributed by atoms with van der Waals surface area (Å²) in [4.78, 5) is 11.3. The van der Waals surface area contributed by atoms with Gasteiger partial charge in [-0.05, 0) is 36.1 Å². The van der Waals surface area contributed by atoms with E-state index in [-0.39, 0.29) is 5.91 Å². The molecule has 1 heterocycles. The predicted molar refractivity (Wildman–Crippen MR) is 60.5 cm³/mol. The molecule has 1 atom stereocenters. The first-order valence-corrected chi connectivity index (χ1v) is 5.47. The van der Waals surface area contributed by atoms with Gasteiger partial charge in [-0.15, -0.1) is 0 Å². The van der Waals surface area contributed by atoms with E-state index < -0.39 is 0 Å². The fourth-order valence-corrected chi connectivity index (χ4v) is 2.16. The Labute approximate surface area is 91.8 Å². The van der Waals surface area contributed by atoms with Gasteiger partial charge in [0.15, 0.2) is 0 Å². The Morgan fingerprint density at radius 1 is 1.50 bits per heavy atom. The van der Waals surface area contributed by atoms with Gasteiger partial charge in [0, 0.05) is 16.6 Å². The molecule has 1 aromatic rings. The maximum atomic E-state index is 11.3. The van der Waals surface area contributed by atoms with E-state index >= 15 is 0 Å². The van der Waals surface area contributed by atoms with Gasteiger partial charge in [-0.1, -0.05) is 22.9 Å². The van der Waals surface area contributed by atoms with Crippen LogP contribution in [0, 0.1) is 6.92 Å². The third kappa shape index (κ3) is 1.57. The van der Waals surface area contributed by atoms with E-state index in [4.69, 9.17) is 0 Å². The molecule has 0 aromatic heterocycles. The van der Waals surface area contributed by atoms with E-state index in [2.05, 4.69) is 34.2 Å². The van der Waals surface area contributed by atoms with Crippen LogP contribution in [-0.4, -0.2) is 5.91 Å². The van der Waals surface area contributed by atoms with Crippen LogP contribution in [-0.2, 0) is 4.79 Å². The van der Waals surface area contributed by atoms with Gasteiger partial charge in [-0.25, -0.2) is 0 Å². The molecule has 1 aromatic carbocycles. The lowest BCUT2D eigenvalue weighted by Gasteiger charge is -2.23. The van der Waals surface area contributed by atoms with Crippen molar-refractivity contribution in [2.75, 3.05) is 5.32 Å². The Balaban J connectivity index is 2.54. The Morgan fingerprint density at radius 2 is 2.21 bits per heavy atom. The molecule has 0 bridgehead atoms. The minimum atomic E-state index is 0.117. The van der Waals surface area contributed by atoms with Crippen molar-refractivity contribution in [3.8, 4) is 0 Å². The number of aryl methyl sites for hydroxylation is 1. The molecule has 1 aliphatic heterocycles. The molecule has 1 N–H and O–H groups in total. The van der Waals surface area contributed by atoms with Crippen molar-refractivity contribution < 1.29 is 4.79 Å². The molecule has 0 aliphatic carbocycles. The fourth-order valence-electron chi connectivity index (χ4n) is 1.80. The summed E-state index contributed by atoms with van der Waals surface area (Å²) in [6.07, 6.45) is 0.586. The number of nitrogens with one attached hydrogen (secondary N) is 1. The molecule has 1 aliphatic rings. The van der Waals surface area contributed by atoms with Gasteiger partial charge in [0.2, 0.25) is 5.91 Å². The van der Waals surface area contributed by atoms with Crippen LogP contribution in [0.5, 0.6) is 0 Å². The Morgan fingerprint density at radius 3 is 2.93 bits per heavy atom. The fraction of sp³-hybridized carbons (Fsp3) is 0.364. The molecule has 14 heavy (non-hydrogen) atoms. The summed E-state index contributed by atoms with van der Waals surface area (Å²) < 4.78 is 1.11. The van der Waals surface area contributed by atoms with Gasteiger partial charge in [0.25, 0.3) is 0 Å². The Hall–Kier alpha value is -0.830. The van der Waals surface area contributed by atoms with Crippen molar-refractivity contribution in [3.63, 3.8) is 0 Å². The van der Waals surface area contributed by atoms with Crippen molar-refractivity contribution in [1.82, 2.24) is 0 Å². The first kappa shape index (κ1) is 9.71. The smallest absolute Gasteiger partial charge is 0.224 e. The molecule has 0 unspecified atom stereocenters. The highest BCUT2D eigenvalue weighted by atomic mass is 79.9. The second-order valence-electron chi connectivity index (χ2n) is 3.84. The average molecular weight is 254 g/mol. The van der Waals surface area contributed by atoms with Crippen LogP contribution in [0.2, 0.25) is 0 Å². The van der Waals surface area contributed by atoms with E-state index in [9.17, 15) is 4.79 Å². The SMILES string of the molecule is Cc1cc2c(cc1Br)[C@@H](C)CC(=O)N2. The van der Waals surface area contributed by atoms with E-state index in [1.807, 2.05) is 13.0 Å². The molecule has 3 heteroatoms. The Bertz CT molecular complexity index is 401. The normalized spacial score (nSPS) is 20.2. The second kappa shape index (κ2) is 3.39. The monoisotopic (exact) mass is 253 g/mol. The molecule has 0 spiro atoms. The molecule has 2 nitrogen and oxygen atoms in total. The van der Waals surface area contributed by atoms with Gasteiger partial charge >= 0.3 is 0 Å². The number of rotatable bonds is 0. The summed E-state index contributed by atoms with van der Waals surface area (Å²) in [5.74, 6) is 0.433. The minimum absolute atomic E-state index is 0.117. The van der Waals surface area contributed by atoms with Gasteiger partial charge in [0.1, 0.15) is 0 Å².